The maximum atomic E-state index is 11.9. The van der Waals surface area contributed by atoms with Gasteiger partial charge < -0.3 is 10.1 Å². The number of aromatic nitrogens is 2. The number of nitrogens with zero attached hydrogens (tertiary/aromatic N) is 2. The zero-order valence-electron chi connectivity index (χ0n) is 13.0. The highest BCUT2D eigenvalue weighted by Gasteiger charge is 2.18. The molecule has 1 amide bonds. The number of fused-ring (bicyclic) bond motifs is 1. The topological polar surface area (TPSA) is 65.3 Å². The Hall–Kier alpha value is -2.08. The van der Waals surface area contributed by atoms with Crippen molar-refractivity contribution in [1.82, 2.24) is 14.5 Å². The first-order chi connectivity index (χ1) is 10.6. The van der Waals surface area contributed by atoms with Crippen molar-refractivity contribution in [3.63, 3.8) is 0 Å². The zero-order valence-corrected chi connectivity index (χ0v) is 13.0. The van der Waals surface area contributed by atoms with E-state index in [4.69, 9.17) is 4.74 Å². The highest BCUT2D eigenvalue weighted by molar-refractivity contribution is 5.78. The molecule has 2 heterocycles. The normalized spacial score (nSPS) is 18.0. The molecule has 6 nitrogen and oxygen atoms in total. The molecule has 1 N–H and O–H groups in total. The first-order valence-electron chi connectivity index (χ1n) is 7.55. The summed E-state index contributed by atoms with van der Waals surface area (Å²) in [6, 6.07) is 5.82. The summed E-state index contributed by atoms with van der Waals surface area (Å²) in [6.07, 6.45) is 1.48. The van der Waals surface area contributed by atoms with Crippen molar-refractivity contribution in [3.8, 4) is 0 Å². The Labute approximate surface area is 128 Å². The Kier molecular flexibility index (Phi) is 4.02. The van der Waals surface area contributed by atoms with Crippen LogP contribution in [0.2, 0.25) is 0 Å². The van der Waals surface area contributed by atoms with E-state index in [2.05, 4.69) is 5.32 Å². The van der Waals surface area contributed by atoms with Gasteiger partial charge in [0.25, 0.3) is 0 Å². The number of nitrogens with one attached hydrogen (secondary N) is 1. The third-order valence-electron chi connectivity index (χ3n) is 4.32. The van der Waals surface area contributed by atoms with Crippen LogP contribution in [0.1, 0.15) is 18.4 Å². The smallest absolute Gasteiger partial charge is 0.328 e. The van der Waals surface area contributed by atoms with Gasteiger partial charge in [0.2, 0.25) is 5.91 Å². The lowest BCUT2D eigenvalue weighted by atomic mass is 10.0. The molecule has 0 bridgehead atoms. The van der Waals surface area contributed by atoms with Crippen molar-refractivity contribution in [2.75, 3.05) is 13.2 Å². The number of hydrogen-bond acceptors (Lipinski definition) is 3. The van der Waals surface area contributed by atoms with Crippen LogP contribution in [0.3, 0.4) is 0 Å². The molecule has 0 spiro atoms. The molecule has 1 atom stereocenters. The number of ether oxygens (including phenoxy) is 1. The van der Waals surface area contributed by atoms with Gasteiger partial charge in [-0.1, -0.05) is 6.07 Å². The fraction of sp³-hybridized carbons (Fsp3) is 0.500. The van der Waals surface area contributed by atoms with Crippen LogP contribution in [0.25, 0.3) is 11.0 Å². The summed E-state index contributed by atoms with van der Waals surface area (Å²) in [5.74, 6) is 0.398. The van der Waals surface area contributed by atoms with Gasteiger partial charge in [-0.05, 0) is 30.0 Å². The molecule has 1 aliphatic heterocycles. The van der Waals surface area contributed by atoms with Gasteiger partial charge in [0, 0.05) is 40.3 Å². The van der Waals surface area contributed by atoms with Crippen LogP contribution < -0.4 is 11.0 Å². The van der Waals surface area contributed by atoms with Crippen LogP contribution in [-0.4, -0.2) is 28.3 Å². The molecule has 3 rings (SSSR count). The van der Waals surface area contributed by atoms with Crippen molar-refractivity contribution in [3.05, 3.63) is 34.2 Å². The van der Waals surface area contributed by atoms with E-state index >= 15 is 0 Å². The van der Waals surface area contributed by atoms with Gasteiger partial charge in [-0.15, -0.1) is 0 Å². The molecular weight excluding hydrogens is 282 g/mol. The molecule has 22 heavy (non-hydrogen) atoms. The van der Waals surface area contributed by atoms with Crippen LogP contribution >= 0.6 is 0 Å². The number of rotatable bonds is 4. The summed E-state index contributed by atoms with van der Waals surface area (Å²) >= 11 is 0. The average Bonchev–Trinajstić information content (AvgIpc) is 3.09. The lowest BCUT2D eigenvalue weighted by molar-refractivity contribution is -0.122. The molecule has 1 aromatic heterocycles. The highest BCUT2D eigenvalue weighted by Crippen LogP contribution is 2.17. The molecule has 1 aliphatic rings. The molecule has 1 aromatic carbocycles. The largest absolute Gasteiger partial charge is 0.381 e. The molecule has 1 fully saturated rings. The number of imidazole rings is 1. The Balaban J connectivity index is 1.67. The van der Waals surface area contributed by atoms with Gasteiger partial charge >= 0.3 is 5.69 Å². The Morgan fingerprint density at radius 1 is 1.32 bits per heavy atom. The molecule has 118 valence electrons. The molecule has 0 saturated carbocycles. The Bertz CT molecular complexity index is 754. The third-order valence-corrected chi connectivity index (χ3v) is 4.32. The lowest BCUT2D eigenvalue weighted by Gasteiger charge is -2.09. The second kappa shape index (κ2) is 5.96. The third kappa shape index (κ3) is 2.78. The van der Waals surface area contributed by atoms with Crippen LogP contribution in [-0.2, 0) is 30.2 Å². The highest BCUT2D eigenvalue weighted by atomic mass is 16.5. The van der Waals surface area contributed by atoms with E-state index in [0.717, 1.165) is 29.6 Å². The summed E-state index contributed by atoms with van der Waals surface area (Å²) < 4.78 is 8.53. The van der Waals surface area contributed by atoms with Crippen LogP contribution in [0.4, 0.5) is 0 Å². The van der Waals surface area contributed by atoms with E-state index in [-0.39, 0.29) is 11.6 Å². The van der Waals surface area contributed by atoms with Gasteiger partial charge in [-0.3, -0.25) is 13.9 Å². The van der Waals surface area contributed by atoms with Gasteiger partial charge in [-0.2, -0.15) is 0 Å². The van der Waals surface area contributed by atoms with E-state index in [9.17, 15) is 9.59 Å². The molecule has 0 unspecified atom stereocenters. The predicted octanol–water partition coefficient (Wildman–Crippen LogP) is 0.920. The lowest BCUT2D eigenvalue weighted by Crippen LogP contribution is -2.25. The summed E-state index contributed by atoms with van der Waals surface area (Å²) in [7, 11) is 3.52. The van der Waals surface area contributed by atoms with Gasteiger partial charge in [0.1, 0.15) is 0 Å². The van der Waals surface area contributed by atoms with E-state index in [1.807, 2.05) is 18.2 Å². The fourth-order valence-corrected chi connectivity index (χ4v) is 2.94. The summed E-state index contributed by atoms with van der Waals surface area (Å²) in [5, 5.41) is 2.94. The number of benzene rings is 1. The number of aryl methyl sites for hydroxylation is 2. The monoisotopic (exact) mass is 303 g/mol. The van der Waals surface area contributed by atoms with Crippen molar-refractivity contribution < 1.29 is 9.53 Å². The minimum Gasteiger partial charge on any atom is -0.381 e. The first kappa shape index (κ1) is 14.8. The van der Waals surface area contributed by atoms with Crippen LogP contribution in [0, 0.1) is 5.92 Å². The second-order valence-electron chi connectivity index (χ2n) is 5.93. The molecule has 1 saturated heterocycles. The number of carbonyl (C=O) groups is 1. The van der Waals surface area contributed by atoms with Gasteiger partial charge in [0.05, 0.1) is 11.0 Å². The molecule has 2 aromatic rings. The number of hydrogen-bond donors (Lipinski definition) is 1. The first-order valence-corrected chi connectivity index (χ1v) is 7.55. The van der Waals surface area contributed by atoms with Gasteiger partial charge in [-0.25, -0.2) is 4.79 Å². The SMILES string of the molecule is Cn1c(=O)n(C)c2cc(CNC(=O)C[C@@H]3CCOC3)ccc21. The summed E-state index contributed by atoms with van der Waals surface area (Å²) in [5.41, 5.74) is 2.72. The fourth-order valence-electron chi connectivity index (χ4n) is 2.94. The second-order valence-corrected chi connectivity index (χ2v) is 5.93. The van der Waals surface area contributed by atoms with E-state index < -0.39 is 0 Å². The predicted molar refractivity (Wildman–Crippen MR) is 83.5 cm³/mol. The van der Waals surface area contributed by atoms with E-state index in [0.29, 0.717) is 25.5 Å². The standard InChI is InChI=1S/C16H21N3O3/c1-18-13-4-3-11(7-14(13)19(2)16(18)21)9-17-15(20)8-12-5-6-22-10-12/h3-4,7,12H,5-6,8-10H2,1-2H3,(H,17,20)/t12-/m0/s1. The van der Waals surface area contributed by atoms with Crippen molar-refractivity contribution in [1.29, 1.82) is 0 Å². The van der Waals surface area contributed by atoms with E-state index in [1.54, 1.807) is 23.2 Å². The number of amides is 1. The molecule has 0 aliphatic carbocycles. The summed E-state index contributed by atoms with van der Waals surface area (Å²) in [4.78, 5) is 23.8. The Morgan fingerprint density at radius 2 is 2.09 bits per heavy atom. The van der Waals surface area contributed by atoms with Crippen LogP contribution in [0.5, 0.6) is 0 Å². The van der Waals surface area contributed by atoms with Crippen LogP contribution in [0.15, 0.2) is 23.0 Å². The minimum absolute atomic E-state index is 0.0441. The number of carbonyl (C=O) groups excluding carboxylic acids is 1. The zero-order chi connectivity index (χ0) is 15.7. The minimum atomic E-state index is -0.0441. The average molecular weight is 303 g/mol. The van der Waals surface area contributed by atoms with Crippen molar-refractivity contribution >= 4 is 16.9 Å². The summed E-state index contributed by atoms with van der Waals surface area (Å²) in [6.45, 7) is 1.92. The molecule has 0 radical (unpaired) electrons. The van der Waals surface area contributed by atoms with Gasteiger partial charge in [0.15, 0.2) is 0 Å². The van der Waals surface area contributed by atoms with E-state index in [1.165, 1.54) is 0 Å². The Morgan fingerprint density at radius 3 is 2.82 bits per heavy atom. The maximum absolute atomic E-state index is 11.9. The van der Waals surface area contributed by atoms with Crippen molar-refractivity contribution in [2.45, 2.75) is 19.4 Å². The molecule has 6 heteroatoms. The maximum Gasteiger partial charge on any atom is 0.328 e. The quantitative estimate of drug-likeness (QED) is 0.913. The van der Waals surface area contributed by atoms with Crippen molar-refractivity contribution in [2.24, 2.45) is 20.0 Å². The molecular formula is C16H21N3O3.